The van der Waals surface area contributed by atoms with Crippen LogP contribution in [-0.4, -0.2) is 11.3 Å². The van der Waals surface area contributed by atoms with E-state index in [4.69, 9.17) is 26.6 Å². The summed E-state index contributed by atoms with van der Waals surface area (Å²) in [6.45, 7) is 0.569. The van der Waals surface area contributed by atoms with Crippen molar-refractivity contribution in [3.63, 3.8) is 0 Å². The van der Waals surface area contributed by atoms with Crippen molar-refractivity contribution in [2.24, 2.45) is 5.73 Å². The fraction of sp³-hybridized carbons (Fsp3) is 0.111. The van der Waals surface area contributed by atoms with Crippen molar-refractivity contribution in [2.75, 3.05) is 0 Å². The average Bonchev–Trinajstić information content (AvgIpc) is 3.13. The number of benzene rings is 2. The van der Waals surface area contributed by atoms with Crippen LogP contribution in [0.5, 0.6) is 0 Å². The van der Waals surface area contributed by atoms with Crippen LogP contribution in [0.4, 0.5) is 0 Å². The summed E-state index contributed by atoms with van der Waals surface area (Å²) in [4.78, 5) is 5.71. The summed E-state index contributed by atoms with van der Waals surface area (Å²) >= 11 is 5.88. The van der Waals surface area contributed by atoms with Crippen molar-refractivity contribution in [3.8, 4) is 0 Å². The normalized spacial score (nSPS) is 17.7. The van der Waals surface area contributed by atoms with E-state index in [1.807, 2.05) is 30.3 Å². The molecule has 1 unspecified atom stereocenters. The van der Waals surface area contributed by atoms with Crippen LogP contribution in [0, 0.1) is 0 Å². The van der Waals surface area contributed by atoms with Crippen molar-refractivity contribution in [2.45, 2.75) is 12.8 Å². The number of rotatable bonds is 3. The van der Waals surface area contributed by atoms with Crippen LogP contribution in [0.2, 0.25) is 5.22 Å². The first kappa shape index (κ1) is 14.3. The summed E-state index contributed by atoms with van der Waals surface area (Å²) < 4.78 is 5.49. The number of hydrogen-bond acceptors (Lipinski definition) is 4. The van der Waals surface area contributed by atoms with E-state index in [-0.39, 0.29) is 0 Å². The fourth-order valence-corrected chi connectivity index (χ4v) is 2.98. The van der Waals surface area contributed by atoms with Crippen LogP contribution in [0.1, 0.15) is 11.3 Å². The minimum Gasteiger partial charge on any atom is -0.443 e. The fourth-order valence-electron chi connectivity index (χ4n) is 2.84. The number of halogens is 1. The second kappa shape index (κ2) is 5.74. The number of hydroxylamine groups is 2. The smallest absolute Gasteiger partial charge is 0.194 e. The molecule has 5 heteroatoms. The topological polar surface area (TPSA) is 51.6 Å². The second-order valence-corrected chi connectivity index (χ2v) is 5.77. The van der Waals surface area contributed by atoms with Crippen LogP contribution >= 0.6 is 11.6 Å². The van der Waals surface area contributed by atoms with Crippen molar-refractivity contribution in [3.05, 3.63) is 77.2 Å². The molecule has 0 saturated carbocycles. The predicted molar refractivity (Wildman–Crippen MR) is 90.2 cm³/mol. The number of furan rings is 1. The van der Waals surface area contributed by atoms with Crippen LogP contribution in [0.15, 0.2) is 65.1 Å². The molecule has 2 aromatic carbocycles. The molecule has 0 saturated heterocycles. The molecule has 4 nitrogen and oxygen atoms in total. The van der Waals surface area contributed by atoms with Gasteiger partial charge in [-0.1, -0.05) is 42.5 Å². The Morgan fingerprint density at radius 3 is 2.70 bits per heavy atom. The molecule has 116 valence electrons. The molecule has 1 aromatic heterocycles. The van der Waals surface area contributed by atoms with E-state index in [0.717, 1.165) is 11.3 Å². The summed E-state index contributed by atoms with van der Waals surface area (Å²) in [5, 5.41) is 4.48. The van der Waals surface area contributed by atoms with Gasteiger partial charge in [-0.2, -0.15) is 0 Å². The van der Waals surface area contributed by atoms with Gasteiger partial charge in [0.25, 0.3) is 0 Å². The van der Waals surface area contributed by atoms with Gasteiger partial charge in [-0.3, -0.25) is 0 Å². The van der Waals surface area contributed by atoms with Gasteiger partial charge in [-0.15, -0.1) is 0 Å². The van der Waals surface area contributed by atoms with Gasteiger partial charge in [0.1, 0.15) is 5.70 Å². The van der Waals surface area contributed by atoms with Gasteiger partial charge in [0.2, 0.25) is 0 Å². The van der Waals surface area contributed by atoms with Gasteiger partial charge in [0.05, 0.1) is 6.54 Å². The van der Waals surface area contributed by atoms with Gasteiger partial charge < -0.3 is 10.2 Å². The molecule has 23 heavy (non-hydrogen) atoms. The van der Waals surface area contributed by atoms with Gasteiger partial charge in [-0.25, -0.2) is 9.90 Å². The van der Waals surface area contributed by atoms with Gasteiger partial charge >= 0.3 is 0 Å². The van der Waals surface area contributed by atoms with Crippen molar-refractivity contribution in [1.29, 1.82) is 0 Å². The number of nitrogens with zero attached hydrogens (tertiary/aromatic N) is 1. The molecule has 2 heterocycles. The summed E-state index contributed by atoms with van der Waals surface area (Å²) in [7, 11) is 0. The van der Waals surface area contributed by atoms with Crippen LogP contribution in [0.3, 0.4) is 0 Å². The molecule has 1 atom stereocenters. The van der Waals surface area contributed by atoms with Crippen LogP contribution in [-0.2, 0) is 11.4 Å². The Morgan fingerprint density at radius 1 is 1.04 bits per heavy atom. The van der Waals surface area contributed by atoms with E-state index in [2.05, 4.69) is 24.3 Å². The van der Waals surface area contributed by atoms with Crippen LogP contribution in [0.25, 0.3) is 16.5 Å². The summed E-state index contributed by atoms with van der Waals surface area (Å²) in [6, 6.07) is 18.0. The Kier molecular flexibility index (Phi) is 3.58. The van der Waals surface area contributed by atoms with Crippen LogP contribution < -0.4 is 5.73 Å². The molecule has 0 amide bonds. The maximum absolute atomic E-state index is 5.91. The third-order valence-electron chi connectivity index (χ3n) is 3.86. The minimum absolute atomic E-state index is 0.339. The molecule has 1 aliphatic rings. The Hall–Kier alpha value is -2.27. The Morgan fingerprint density at radius 2 is 1.87 bits per heavy atom. The number of fused-ring (bicyclic) bond motifs is 1. The lowest BCUT2D eigenvalue weighted by Gasteiger charge is -2.21. The van der Waals surface area contributed by atoms with Crippen molar-refractivity contribution < 1.29 is 9.25 Å². The molecule has 2 N–H and O–H groups in total. The molecule has 0 fully saturated rings. The van der Waals surface area contributed by atoms with E-state index in [0.29, 0.717) is 17.5 Å². The molecule has 0 bridgehead atoms. The average molecular weight is 327 g/mol. The molecule has 4 rings (SSSR count). The molecule has 0 radical (unpaired) electrons. The zero-order valence-electron chi connectivity index (χ0n) is 12.3. The third kappa shape index (κ3) is 2.72. The van der Waals surface area contributed by atoms with Gasteiger partial charge in [0.15, 0.2) is 17.2 Å². The first-order chi connectivity index (χ1) is 11.2. The van der Waals surface area contributed by atoms with Crippen molar-refractivity contribution >= 4 is 28.1 Å². The third-order valence-corrected chi connectivity index (χ3v) is 4.06. The highest BCUT2D eigenvalue weighted by Crippen LogP contribution is 2.31. The highest BCUT2D eigenvalue weighted by molar-refractivity contribution is 6.28. The molecule has 3 aromatic rings. The minimum atomic E-state index is -0.496. The quantitative estimate of drug-likeness (QED) is 0.785. The van der Waals surface area contributed by atoms with E-state index in [9.17, 15) is 0 Å². The standard InChI is InChI=1S/C18H15ClN2O2/c19-17-9-8-16(22-17)15-10-18(20)23-21(15)11-13-6-3-5-12-4-1-2-7-14(12)13/h1-10,18H,11,20H2. The van der Waals surface area contributed by atoms with E-state index in [1.54, 1.807) is 11.1 Å². The van der Waals surface area contributed by atoms with E-state index >= 15 is 0 Å². The summed E-state index contributed by atoms with van der Waals surface area (Å²) in [5.41, 5.74) is 7.85. The lowest BCUT2D eigenvalue weighted by Crippen LogP contribution is -2.25. The summed E-state index contributed by atoms with van der Waals surface area (Å²) in [5.74, 6) is 0.642. The zero-order valence-corrected chi connectivity index (χ0v) is 13.0. The van der Waals surface area contributed by atoms with E-state index < -0.39 is 6.23 Å². The predicted octanol–water partition coefficient (Wildman–Crippen LogP) is 4.16. The second-order valence-electron chi connectivity index (χ2n) is 5.40. The first-order valence-electron chi connectivity index (χ1n) is 7.35. The Labute approximate surface area is 138 Å². The first-order valence-corrected chi connectivity index (χ1v) is 7.72. The monoisotopic (exact) mass is 326 g/mol. The van der Waals surface area contributed by atoms with E-state index in [1.165, 1.54) is 10.8 Å². The highest BCUT2D eigenvalue weighted by atomic mass is 35.5. The molecule has 0 spiro atoms. The maximum Gasteiger partial charge on any atom is 0.194 e. The Bertz CT molecular complexity index is 882. The SMILES string of the molecule is NC1C=C(c2ccc(Cl)o2)N(Cc2cccc3ccccc23)O1. The molecule has 0 aliphatic carbocycles. The van der Waals surface area contributed by atoms with Crippen molar-refractivity contribution in [1.82, 2.24) is 5.06 Å². The highest BCUT2D eigenvalue weighted by Gasteiger charge is 2.26. The Balaban J connectivity index is 1.68. The van der Waals surface area contributed by atoms with Gasteiger partial charge in [0, 0.05) is 0 Å². The molecular weight excluding hydrogens is 312 g/mol. The number of nitrogens with two attached hydrogens (primary N) is 1. The zero-order chi connectivity index (χ0) is 15.8. The molecule has 1 aliphatic heterocycles. The number of hydrogen-bond donors (Lipinski definition) is 1. The molecular formula is C18H15ClN2O2. The largest absolute Gasteiger partial charge is 0.443 e. The lowest BCUT2D eigenvalue weighted by molar-refractivity contribution is -0.126. The maximum atomic E-state index is 5.91. The lowest BCUT2D eigenvalue weighted by atomic mass is 10.0. The van der Waals surface area contributed by atoms with Gasteiger partial charge in [-0.05, 0) is 46.1 Å². The summed E-state index contributed by atoms with van der Waals surface area (Å²) in [6.07, 6.45) is 1.32.